The van der Waals surface area contributed by atoms with Gasteiger partial charge in [0.1, 0.15) is 12.2 Å². The van der Waals surface area contributed by atoms with Crippen LogP contribution in [0.2, 0.25) is 0 Å². The van der Waals surface area contributed by atoms with E-state index in [1.807, 2.05) is 25.2 Å². The third kappa shape index (κ3) is 6.01. The summed E-state index contributed by atoms with van der Waals surface area (Å²) in [6.45, 7) is 6.12. The summed E-state index contributed by atoms with van der Waals surface area (Å²) in [6.07, 6.45) is 5.89. The van der Waals surface area contributed by atoms with E-state index in [0.717, 1.165) is 5.70 Å². The van der Waals surface area contributed by atoms with Crippen molar-refractivity contribution in [3.05, 3.63) is 23.9 Å². The van der Waals surface area contributed by atoms with Gasteiger partial charge in [0.15, 0.2) is 0 Å². The molecule has 0 fully saturated rings. The van der Waals surface area contributed by atoms with E-state index in [4.69, 9.17) is 4.55 Å². The van der Waals surface area contributed by atoms with Crippen LogP contribution in [0.1, 0.15) is 20.8 Å². The molecule has 2 N–H and O–H groups in total. The van der Waals surface area contributed by atoms with Gasteiger partial charge in [0.2, 0.25) is 0 Å². The standard InChI is InChI=1S/C8H15NOS/c1-4-5-8(9-11-10)6-7(2)3/h4-7,9-10H,1-3H3/b5-4-,8-6?. The number of allylic oxidation sites excluding steroid dienone is 3. The second-order valence-electron chi connectivity index (χ2n) is 2.56. The van der Waals surface area contributed by atoms with E-state index in [2.05, 4.69) is 18.6 Å². The van der Waals surface area contributed by atoms with E-state index < -0.39 is 0 Å². The van der Waals surface area contributed by atoms with Gasteiger partial charge in [0.25, 0.3) is 0 Å². The minimum absolute atomic E-state index is 0.487. The number of hydrogen-bond donors (Lipinski definition) is 2. The fourth-order valence-electron chi connectivity index (χ4n) is 0.715. The molecule has 0 aliphatic heterocycles. The molecule has 0 radical (unpaired) electrons. The zero-order valence-corrected chi connectivity index (χ0v) is 7.98. The lowest BCUT2D eigenvalue weighted by atomic mass is 10.2. The topological polar surface area (TPSA) is 32.3 Å². The van der Waals surface area contributed by atoms with E-state index >= 15 is 0 Å². The van der Waals surface area contributed by atoms with Crippen molar-refractivity contribution < 1.29 is 4.55 Å². The molecule has 0 aliphatic rings. The molecule has 0 amide bonds. The maximum atomic E-state index is 8.51. The Labute approximate surface area is 72.7 Å². The third-order valence-corrected chi connectivity index (χ3v) is 1.35. The molecule has 0 aromatic heterocycles. The van der Waals surface area contributed by atoms with Crippen molar-refractivity contribution in [1.82, 2.24) is 4.72 Å². The summed E-state index contributed by atoms with van der Waals surface area (Å²) < 4.78 is 11.3. The van der Waals surface area contributed by atoms with Crippen molar-refractivity contribution in [2.24, 2.45) is 5.92 Å². The lowest BCUT2D eigenvalue weighted by Gasteiger charge is -2.02. The molecular weight excluding hydrogens is 158 g/mol. The minimum atomic E-state index is 0.487. The average Bonchev–Trinajstić information content (AvgIpc) is 1.87. The van der Waals surface area contributed by atoms with Gasteiger partial charge in [-0.1, -0.05) is 26.0 Å². The van der Waals surface area contributed by atoms with Crippen molar-refractivity contribution in [2.45, 2.75) is 20.8 Å². The summed E-state index contributed by atoms with van der Waals surface area (Å²) in [5, 5.41) is 0. The van der Waals surface area contributed by atoms with Crippen LogP contribution < -0.4 is 4.72 Å². The highest BCUT2D eigenvalue weighted by molar-refractivity contribution is 7.91. The van der Waals surface area contributed by atoms with Crippen LogP contribution in [0.15, 0.2) is 23.9 Å². The molecule has 0 aliphatic carbocycles. The fraction of sp³-hybridized carbons (Fsp3) is 0.500. The van der Waals surface area contributed by atoms with Crippen molar-refractivity contribution in [1.29, 1.82) is 0 Å². The number of hydrogen-bond acceptors (Lipinski definition) is 3. The van der Waals surface area contributed by atoms with Crippen LogP contribution in [0.5, 0.6) is 0 Å². The lowest BCUT2D eigenvalue weighted by molar-refractivity contribution is 0.657. The Morgan fingerprint density at radius 2 is 2.18 bits per heavy atom. The Hall–Kier alpha value is -0.410. The molecule has 0 aromatic carbocycles. The summed E-state index contributed by atoms with van der Waals surface area (Å²) in [7, 11) is 0. The molecule has 0 unspecified atom stereocenters. The first kappa shape index (κ1) is 10.6. The molecule has 64 valence electrons. The van der Waals surface area contributed by atoms with E-state index in [-0.39, 0.29) is 0 Å². The first-order valence-electron chi connectivity index (χ1n) is 3.61. The van der Waals surface area contributed by atoms with Crippen molar-refractivity contribution in [3.63, 3.8) is 0 Å². The van der Waals surface area contributed by atoms with E-state index in [1.165, 1.54) is 0 Å². The summed E-state index contributed by atoms with van der Waals surface area (Å²) in [5.41, 5.74) is 0.940. The summed E-state index contributed by atoms with van der Waals surface area (Å²) in [4.78, 5) is 0. The van der Waals surface area contributed by atoms with Gasteiger partial charge < -0.3 is 9.27 Å². The smallest absolute Gasteiger partial charge is 0.108 e. The molecule has 3 heteroatoms. The third-order valence-electron chi connectivity index (χ3n) is 1.02. The molecule has 11 heavy (non-hydrogen) atoms. The minimum Gasteiger partial charge on any atom is -0.312 e. The summed E-state index contributed by atoms with van der Waals surface area (Å²) in [6, 6.07) is 0. The predicted molar refractivity (Wildman–Crippen MR) is 51.1 cm³/mol. The predicted octanol–water partition coefficient (Wildman–Crippen LogP) is 2.81. The van der Waals surface area contributed by atoms with Crippen LogP contribution >= 0.6 is 12.2 Å². The number of rotatable bonds is 4. The largest absolute Gasteiger partial charge is 0.312 e. The first-order valence-corrected chi connectivity index (χ1v) is 4.39. The highest BCUT2D eigenvalue weighted by Gasteiger charge is 1.91. The first-order chi connectivity index (χ1) is 5.20. The Kier molecular flexibility index (Phi) is 6.07. The lowest BCUT2D eigenvalue weighted by Crippen LogP contribution is -2.01. The van der Waals surface area contributed by atoms with Gasteiger partial charge in [0, 0.05) is 5.70 Å². The number of nitrogens with one attached hydrogen (secondary N) is 1. The molecule has 2 nitrogen and oxygen atoms in total. The maximum absolute atomic E-state index is 8.51. The normalized spacial score (nSPS) is 13.0. The van der Waals surface area contributed by atoms with Crippen LogP contribution in [0.25, 0.3) is 0 Å². The molecule has 0 saturated heterocycles. The van der Waals surface area contributed by atoms with Gasteiger partial charge in [-0.15, -0.1) is 0 Å². The molecule has 0 rings (SSSR count). The van der Waals surface area contributed by atoms with Gasteiger partial charge in [-0.3, -0.25) is 0 Å². The zero-order valence-electron chi connectivity index (χ0n) is 7.16. The van der Waals surface area contributed by atoms with Crippen LogP contribution in [0.3, 0.4) is 0 Å². The molecule has 0 heterocycles. The second kappa shape index (κ2) is 6.31. The maximum Gasteiger partial charge on any atom is 0.108 e. The van der Waals surface area contributed by atoms with Gasteiger partial charge >= 0.3 is 0 Å². The SMILES string of the molecule is C/C=C\C(=CC(C)C)NSO. The van der Waals surface area contributed by atoms with Crippen molar-refractivity contribution in [3.8, 4) is 0 Å². The quantitative estimate of drug-likeness (QED) is 0.389. The van der Waals surface area contributed by atoms with E-state index in [9.17, 15) is 0 Å². The molecule has 0 atom stereocenters. The molecule has 0 saturated carbocycles. The fourth-order valence-corrected chi connectivity index (χ4v) is 0.956. The van der Waals surface area contributed by atoms with Gasteiger partial charge in [-0.05, 0) is 18.9 Å². The van der Waals surface area contributed by atoms with E-state index in [1.54, 1.807) is 0 Å². The van der Waals surface area contributed by atoms with Crippen molar-refractivity contribution >= 4 is 12.2 Å². The Bertz CT molecular complexity index is 152. The van der Waals surface area contributed by atoms with Crippen LogP contribution in [-0.2, 0) is 0 Å². The van der Waals surface area contributed by atoms with Gasteiger partial charge in [-0.25, -0.2) is 0 Å². The van der Waals surface area contributed by atoms with Crippen molar-refractivity contribution in [2.75, 3.05) is 0 Å². The van der Waals surface area contributed by atoms with Crippen LogP contribution in [-0.4, -0.2) is 4.55 Å². The van der Waals surface area contributed by atoms with Gasteiger partial charge in [0.05, 0.1) is 0 Å². The highest BCUT2D eigenvalue weighted by atomic mass is 32.2. The highest BCUT2D eigenvalue weighted by Crippen LogP contribution is 2.03. The summed E-state index contributed by atoms with van der Waals surface area (Å²) in [5.74, 6) is 0.487. The second-order valence-corrected chi connectivity index (χ2v) is 2.95. The molecule has 0 spiro atoms. The Morgan fingerprint density at radius 3 is 2.55 bits per heavy atom. The zero-order chi connectivity index (χ0) is 8.69. The van der Waals surface area contributed by atoms with Crippen LogP contribution in [0, 0.1) is 5.92 Å². The molecule has 0 aromatic rings. The van der Waals surface area contributed by atoms with Crippen LogP contribution in [0.4, 0.5) is 0 Å². The molecule has 0 bridgehead atoms. The summed E-state index contributed by atoms with van der Waals surface area (Å²) >= 11 is 0.622. The van der Waals surface area contributed by atoms with E-state index in [0.29, 0.717) is 18.1 Å². The molecular formula is C8H15NOS. The Morgan fingerprint density at radius 1 is 1.55 bits per heavy atom. The Balaban J connectivity index is 4.08. The average molecular weight is 173 g/mol. The monoisotopic (exact) mass is 173 g/mol. The van der Waals surface area contributed by atoms with Gasteiger partial charge in [-0.2, -0.15) is 0 Å².